The van der Waals surface area contributed by atoms with E-state index in [1.165, 1.54) is 6.07 Å². The van der Waals surface area contributed by atoms with Gasteiger partial charge in [-0.05, 0) is 35.4 Å². The van der Waals surface area contributed by atoms with E-state index < -0.39 is 5.82 Å². The van der Waals surface area contributed by atoms with Gasteiger partial charge in [0.2, 0.25) is 0 Å². The molecular weight excluding hydrogens is 271 g/mol. The molecule has 2 aromatic carbocycles. The Morgan fingerprint density at radius 1 is 1.06 bits per heavy atom. The zero-order chi connectivity index (χ0) is 13.0. The molecule has 0 heterocycles. The van der Waals surface area contributed by atoms with Gasteiger partial charge in [0.1, 0.15) is 5.82 Å². The van der Waals surface area contributed by atoms with Crippen LogP contribution in [-0.4, -0.2) is 5.11 Å². The lowest BCUT2D eigenvalue weighted by Crippen LogP contribution is -1.85. The first-order valence-corrected chi connectivity index (χ1v) is 6.82. The highest BCUT2D eigenvalue weighted by atomic mass is 35.5. The number of aliphatic hydroxyl groups excluding tert-OH is 1. The van der Waals surface area contributed by atoms with E-state index in [0.29, 0.717) is 0 Å². The van der Waals surface area contributed by atoms with Crippen molar-refractivity contribution in [3.8, 4) is 0 Å². The highest BCUT2D eigenvalue weighted by Gasteiger charge is 2.02. The number of rotatable bonds is 4. The van der Waals surface area contributed by atoms with Crippen molar-refractivity contribution in [2.75, 3.05) is 0 Å². The Morgan fingerprint density at radius 3 is 2.33 bits per heavy atom. The predicted octanol–water partition coefficient (Wildman–Crippen LogP) is 4.26. The van der Waals surface area contributed by atoms with Crippen molar-refractivity contribution in [2.24, 2.45) is 0 Å². The van der Waals surface area contributed by atoms with Crippen LogP contribution in [0.25, 0.3) is 0 Å². The molecule has 94 valence electrons. The molecule has 0 spiro atoms. The van der Waals surface area contributed by atoms with Crippen molar-refractivity contribution < 1.29 is 9.50 Å². The molecule has 0 bridgehead atoms. The maximum atomic E-state index is 13.0. The maximum Gasteiger partial charge on any atom is 0.141 e. The van der Waals surface area contributed by atoms with E-state index in [2.05, 4.69) is 0 Å². The lowest BCUT2D eigenvalue weighted by Gasteiger charge is -2.04. The molecule has 4 heteroatoms. The molecule has 0 aliphatic carbocycles. The quantitative estimate of drug-likeness (QED) is 0.846. The molecule has 1 N–H and O–H groups in total. The van der Waals surface area contributed by atoms with Crippen molar-refractivity contribution in [3.63, 3.8) is 0 Å². The van der Waals surface area contributed by atoms with E-state index in [1.807, 2.05) is 24.3 Å². The van der Waals surface area contributed by atoms with E-state index in [9.17, 15) is 4.39 Å². The van der Waals surface area contributed by atoms with Crippen LogP contribution in [0.5, 0.6) is 0 Å². The maximum absolute atomic E-state index is 13.0. The number of hydrogen-bond donors (Lipinski definition) is 1. The molecule has 0 saturated heterocycles. The van der Waals surface area contributed by atoms with Gasteiger partial charge < -0.3 is 5.11 Å². The van der Waals surface area contributed by atoms with Crippen LogP contribution >= 0.6 is 23.4 Å². The van der Waals surface area contributed by atoms with Crippen LogP contribution in [0.1, 0.15) is 11.1 Å². The van der Waals surface area contributed by atoms with Gasteiger partial charge in [-0.25, -0.2) is 4.39 Å². The van der Waals surface area contributed by atoms with Gasteiger partial charge in [0.15, 0.2) is 0 Å². The van der Waals surface area contributed by atoms with Crippen LogP contribution in [0.15, 0.2) is 47.4 Å². The smallest absolute Gasteiger partial charge is 0.141 e. The minimum Gasteiger partial charge on any atom is -0.392 e. The molecule has 0 atom stereocenters. The van der Waals surface area contributed by atoms with Crippen LogP contribution in [0.3, 0.4) is 0 Å². The molecule has 0 unspecified atom stereocenters. The number of thioether (sulfide) groups is 1. The third kappa shape index (κ3) is 3.48. The van der Waals surface area contributed by atoms with Gasteiger partial charge in [-0.2, -0.15) is 0 Å². The molecular formula is C14H12ClFOS. The average molecular weight is 283 g/mol. The monoisotopic (exact) mass is 282 g/mol. The summed E-state index contributed by atoms with van der Waals surface area (Å²) in [4.78, 5) is 1.10. The second kappa shape index (κ2) is 6.23. The summed E-state index contributed by atoms with van der Waals surface area (Å²) in [5.74, 6) is 0.344. The first-order chi connectivity index (χ1) is 8.69. The van der Waals surface area contributed by atoms with E-state index >= 15 is 0 Å². The van der Waals surface area contributed by atoms with E-state index in [4.69, 9.17) is 16.7 Å². The van der Waals surface area contributed by atoms with Crippen LogP contribution in [0.2, 0.25) is 5.02 Å². The Labute approximate surface area is 115 Å². The van der Waals surface area contributed by atoms with Crippen molar-refractivity contribution in [3.05, 3.63) is 64.4 Å². The van der Waals surface area contributed by atoms with E-state index in [-0.39, 0.29) is 11.6 Å². The van der Waals surface area contributed by atoms with Crippen LogP contribution < -0.4 is 0 Å². The molecule has 0 fully saturated rings. The minimum atomic E-state index is -0.391. The van der Waals surface area contributed by atoms with Gasteiger partial charge in [-0.3, -0.25) is 0 Å². The molecule has 0 radical (unpaired) electrons. The first-order valence-electron chi connectivity index (χ1n) is 5.45. The Hall–Kier alpha value is -1.03. The average Bonchev–Trinajstić information content (AvgIpc) is 2.41. The summed E-state index contributed by atoms with van der Waals surface area (Å²) in [5, 5.41) is 9.09. The van der Waals surface area contributed by atoms with Crippen LogP contribution in [0.4, 0.5) is 4.39 Å². The summed E-state index contributed by atoms with van der Waals surface area (Å²) in [6.45, 7) is 0.0541. The van der Waals surface area contributed by atoms with Crippen molar-refractivity contribution in [1.29, 1.82) is 0 Å². The third-order valence-electron chi connectivity index (χ3n) is 2.50. The molecule has 0 aliphatic rings. The second-order valence-electron chi connectivity index (χ2n) is 3.84. The molecule has 2 rings (SSSR count). The Kier molecular flexibility index (Phi) is 4.64. The summed E-state index contributed by atoms with van der Waals surface area (Å²) in [6, 6.07) is 12.5. The molecule has 0 saturated carbocycles. The van der Waals surface area contributed by atoms with Crippen LogP contribution in [0, 0.1) is 5.82 Å². The third-order valence-corrected chi connectivity index (χ3v) is 3.87. The van der Waals surface area contributed by atoms with Gasteiger partial charge in [0.25, 0.3) is 0 Å². The highest BCUT2D eigenvalue weighted by Crippen LogP contribution is 2.25. The largest absolute Gasteiger partial charge is 0.392 e. The standard InChI is InChI=1S/C14H12ClFOS/c15-13-7-11(3-6-14(13)16)9-18-12-4-1-10(8-17)2-5-12/h1-7,17H,8-9H2. The lowest BCUT2D eigenvalue weighted by molar-refractivity contribution is 0.282. The highest BCUT2D eigenvalue weighted by molar-refractivity contribution is 7.98. The number of halogens is 2. The van der Waals surface area contributed by atoms with Gasteiger partial charge in [-0.1, -0.05) is 29.8 Å². The van der Waals surface area contributed by atoms with Gasteiger partial charge >= 0.3 is 0 Å². The molecule has 18 heavy (non-hydrogen) atoms. The SMILES string of the molecule is OCc1ccc(SCc2ccc(F)c(Cl)c2)cc1. The summed E-state index contributed by atoms with van der Waals surface area (Å²) >= 11 is 7.37. The summed E-state index contributed by atoms with van der Waals surface area (Å²) in [7, 11) is 0. The van der Waals surface area contributed by atoms with E-state index in [0.717, 1.165) is 21.8 Å². The fraction of sp³-hybridized carbons (Fsp3) is 0.143. The van der Waals surface area contributed by atoms with Gasteiger partial charge in [0, 0.05) is 10.6 Å². The normalized spacial score (nSPS) is 10.6. The number of aliphatic hydroxyl groups is 1. The topological polar surface area (TPSA) is 20.2 Å². The summed E-state index contributed by atoms with van der Waals surface area (Å²) < 4.78 is 13.0. The molecule has 0 amide bonds. The number of hydrogen-bond acceptors (Lipinski definition) is 2. The van der Waals surface area contributed by atoms with Crippen molar-refractivity contribution >= 4 is 23.4 Å². The van der Waals surface area contributed by atoms with Crippen LogP contribution in [-0.2, 0) is 12.4 Å². The van der Waals surface area contributed by atoms with E-state index in [1.54, 1.807) is 23.9 Å². The Morgan fingerprint density at radius 2 is 1.72 bits per heavy atom. The van der Waals surface area contributed by atoms with Gasteiger partial charge in [-0.15, -0.1) is 11.8 Å². The summed E-state index contributed by atoms with van der Waals surface area (Å²) in [5.41, 5.74) is 1.88. The molecule has 2 aromatic rings. The predicted molar refractivity (Wildman–Crippen MR) is 73.3 cm³/mol. The first kappa shape index (κ1) is 13.4. The summed E-state index contributed by atoms with van der Waals surface area (Å²) in [6.07, 6.45) is 0. The minimum absolute atomic E-state index is 0.0541. The zero-order valence-corrected chi connectivity index (χ0v) is 11.1. The fourth-order valence-corrected chi connectivity index (χ4v) is 2.53. The molecule has 0 aromatic heterocycles. The van der Waals surface area contributed by atoms with Gasteiger partial charge in [0.05, 0.1) is 11.6 Å². The lowest BCUT2D eigenvalue weighted by atomic mass is 10.2. The molecule has 1 nitrogen and oxygen atoms in total. The fourth-order valence-electron chi connectivity index (χ4n) is 1.49. The molecule has 0 aliphatic heterocycles. The number of benzene rings is 2. The second-order valence-corrected chi connectivity index (χ2v) is 5.30. The van der Waals surface area contributed by atoms with Crippen molar-refractivity contribution in [2.45, 2.75) is 17.3 Å². The Balaban J connectivity index is 1.99. The Bertz CT molecular complexity index is 528. The van der Waals surface area contributed by atoms with Crippen molar-refractivity contribution in [1.82, 2.24) is 0 Å². The zero-order valence-electron chi connectivity index (χ0n) is 9.57.